The molecule has 0 saturated carbocycles. The number of rotatable bonds is 6. The van der Waals surface area contributed by atoms with Crippen molar-refractivity contribution in [1.29, 1.82) is 4.78 Å². The Morgan fingerprint density at radius 2 is 2.23 bits per heavy atom. The van der Waals surface area contributed by atoms with E-state index in [1.165, 1.54) is 6.26 Å². The molecule has 0 spiro atoms. The number of hydrogen-bond acceptors (Lipinski definition) is 4. The zero-order valence-electron chi connectivity index (χ0n) is 7.87. The van der Waals surface area contributed by atoms with Crippen molar-refractivity contribution in [2.24, 2.45) is 0 Å². The molecule has 0 radical (unpaired) electrons. The van der Waals surface area contributed by atoms with Crippen LogP contribution >= 0.6 is 0 Å². The van der Waals surface area contributed by atoms with Crippen LogP contribution in [0, 0.1) is 4.78 Å². The summed E-state index contributed by atoms with van der Waals surface area (Å²) in [4.78, 5) is 10.6. The van der Waals surface area contributed by atoms with E-state index in [4.69, 9.17) is 9.89 Å². The summed E-state index contributed by atoms with van der Waals surface area (Å²) in [5, 5.41) is 11.4. The molecule has 0 fully saturated rings. The number of carboxylic acid groups (broad SMARTS) is 1. The molecule has 0 aromatic rings. The summed E-state index contributed by atoms with van der Waals surface area (Å²) in [6, 6.07) is -0.684. The van der Waals surface area contributed by atoms with E-state index in [2.05, 4.69) is 5.32 Å². The number of nitrogens with one attached hydrogen (secondary N) is 2. The van der Waals surface area contributed by atoms with Crippen molar-refractivity contribution in [2.45, 2.75) is 19.4 Å². The van der Waals surface area contributed by atoms with Gasteiger partial charge >= 0.3 is 5.97 Å². The zero-order chi connectivity index (χ0) is 10.5. The van der Waals surface area contributed by atoms with Gasteiger partial charge in [0.15, 0.2) is 0 Å². The second-order valence-electron chi connectivity index (χ2n) is 2.95. The molecule has 0 aliphatic heterocycles. The smallest absolute Gasteiger partial charge is 0.320 e. The Morgan fingerprint density at radius 1 is 1.69 bits per heavy atom. The predicted molar refractivity (Wildman–Crippen MR) is 51.4 cm³/mol. The summed E-state index contributed by atoms with van der Waals surface area (Å²) < 4.78 is 18.1. The molecule has 0 aromatic heterocycles. The lowest BCUT2D eigenvalue weighted by molar-refractivity contribution is -0.139. The van der Waals surface area contributed by atoms with Crippen LogP contribution in [-0.4, -0.2) is 39.9 Å². The van der Waals surface area contributed by atoms with Gasteiger partial charge in [0, 0.05) is 21.7 Å². The van der Waals surface area contributed by atoms with Crippen LogP contribution in [0.5, 0.6) is 0 Å². The van der Waals surface area contributed by atoms with E-state index in [9.17, 15) is 9.00 Å². The lowest BCUT2D eigenvalue weighted by Crippen LogP contribution is -2.37. The molecule has 78 valence electrons. The van der Waals surface area contributed by atoms with Crippen LogP contribution < -0.4 is 5.32 Å². The molecule has 0 rings (SSSR count). The number of carboxylic acids is 1. The third kappa shape index (κ3) is 6.53. The summed E-state index contributed by atoms with van der Waals surface area (Å²) in [5.41, 5.74) is 0. The largest absolute Gasteiger partial charge is 0.480 e. The molecule has 13 heavy (non-hydrogen) atoms. The SMILES string of the molecule is CCN[C@@H](CC[S@](C)(=N)=O)C(=O)O. The van der Waals surface area contributed by atoms with Gasteiger partial charge in [0.2, 0.25) is 0 Å². The first-order valence-electron chi connectivity index (χ1n) is 4.04. The Morgan fingerprint density at radius 3 is 2.54 bits per heavy atom. The number of aliphatic carboxylic acids is 1. The zero-order valence-corrected chi connectivity index (χ0v) is 8.69. The van der Waals surface area contributed by atoms with Crippen LogP contribution in [0.15, 0.2) is 0 Å². The van der Waals surface area contributed by atoms with E-state index < -0.39 is 21.7 Å². The number of hydrogen-bond donors (Lipinski definition) is 3. The second-order valence-corrected chi connectivity index (χ2v) is 5.36. The highest BCUT2D eigenvalue weighted by Gasteiger charge is 2.16. The molecule has 0 bridgehead atoms. The van der Waals surface area contributed by atoms with E-state index in [-0.39, 0.29) is 12.2 Å². The molecular weight excluding hydrogens is 192 g/mol. The maximum Gasteiger partial charge on any atom is 0.320 e. The van der Waals surface area contributed by atoms with Gasteiger partial charge in [-0.25, -0.2) is 0 Å². The normalized spacial score (nSPS) is 17.7. The van der Waals surface area contributed by atoms with Crippen molar-refractivity contribution in [3.8, 4) is 0 Å². The molecule has 0 aliphatic carbocycles. The fraction of sp³-hybridized carbons (Fsp3) is 0.857. The minimum absolute atomic E-state index is 0.122. The standard InChI is InChI=1S/C7H16N2O3S/c1-3-9-6(7(10)11)4-5-13(2,8)12/h6,8-9H,3-5H2,1-2H3,(H,10,11)/t6-,13+/m0/s1. The molecule has 5 nitrogen and oxygen atoms in total. The van der Waals surface area contributed by atoms with E-state index in [0.717, 1.165) is 0 Å². The van der Waals surface area contributed by atoms with Gasteiger partial charge in [-0.05, 0) is 13.0 Å². The lowest BCUT2D eigenvalue weighted by Gasteiger charge is -2.12. The number of likely N-dealkylation sites (N-methyl/N-ethyl adjacent to an activating group) is 1. The van der Waals surface area contributed by atoms with E-state index >= 15 is 0 Å². The quantitative estimate of drug-likeness (QED) is 0.578. The summed E-state index contributed by atoms with van der Waals surface area (Å²) in [6.07, 6.45) is 1.56. The van der Waals surface area contributed by atoms with Gasteiger partial charge < -0.3 is 10.4 Å². The molecule has 0 aliphatic rings. The molecule has 3 N–H and O–H groups in total. The fourth-order valence-electron chi connectivity index (χ4n) is 0.902. The third-order valence-electron chi connectivity index (χ3n) is 1.54. The van der Waals surface area contributed by atoms with Crippen LogP contribution in [-0.2, 0) is 14.5 Å². The van der Waals surface area contributed by atoms with Crippen LogP contribution in [0.2, 0.25) is 0 Å². The first-order chi connectivity index (χ1) is 5.87. The maximum atomic E-state index is 11.0. The van der Waals surface area contributed by atoms with Gasteiger partial charge in [-0.15, -0.1) is 0 Å². The second kappa shape index (κ2) is 5.18. The van der Waals surface area contributed by atoms with Crippen molar-refractivity contribution in [3.05, 3.63) is 0 Å². The predicted octanol–water partition coefficient (Wildman–Crippen LogP) is 0.116. The van der Waals surface area contributed by atoms with Crippen molar-refractivity contribution in [2.75, 3.05) is 18.6 Å². The maximum absolute atomic E-state index is 11.0. The lowest BCUT2D eigenvalue weighted by atomic mass is 10.2. The Hall–Kier alpha value is -0.620. The van der Waals surface area contributed by atoms with Crippen LogP contribution in [0.1, 0.15) is 13.3 Å². The fourth-order valence-corrected chi connectivity index (χ4v) is 1.59. The molecule has 0 saturated heterocycles. The van der Waals surface area contributed by atoms with Crippen molar-refractivity contribution in [1.82, 2.24) is 5.32 Å². The van der Waals surface area contributed by atoms with E-state index in [0.29, 0.717) is 6.54 Å². The highest BCUT2D eigenvalue weighted by molar-refractivity contribution is 7.91. The molecule has 0 aromatic carbocycles. The van der Waals surface area contributed by atoms with Gasteiger partial charge in [-0.1, -0.05) is 6.92 Å². The van der Waals surface area contributed by atoms with Crippen LogP contribution in [0.4, 0.5) is 0 Å². The third-order valence-corrected chi connectivity index (χ3v) is 2.56. The summed E-state index contributed by atoms with van der Waals surface area (Å²) in [6.45, 7) is 2.36. The first kappa shape index (κ1) is 12.4. The average Bonchev–Trinajstić information content (AvgIpc) is 1.95. The molecule has 2 atom stereocenters. The highest BCUT2D eigenvalue weighted by atomic mass is 32.2. The van der Waals surface area contributed by atoms with Crippen LogP contribution in [0.25, 0.3) is 0 Å². The Labute approximate surface area is 78.5 Å². The minimum Gasteiger partial charge on any atom is -0.480 e. The summed E-state index contributed by atoms with van der Waals surface area (Å²) in [7, 11) is -2.57. The van der Waals surface area contributed by atoms with Gasteiger partial charge in [-0.2, -0.15) is 0 Å². The monoisotopic (exact) mass is 208 g/mol. The molecule has 0 unspecified atom stereocenters. The van der Waals surface area contributed by atoms with Gasteiger partial charge in [0.05, 0.1) is 0 Å². The summed E-state index contributed by atoms with van der Waals surface area (Å²) in [5.74, 6) is -0.831. The van der Waals surface area contributed by atoms with Crippen molar-refractivity contribution >= 4 is 15.7 Å². The summed E-state index contributed by atoms with van der Waals surface area (Å²) >= 11 is 0. The van der Waals surface area contributed by atoms with E-state index in [1.807, 2.05) is 0 Å². The van der Waals surface area contributed by atoms with Crippen molar-refractivity contribution < 1.29 is 14.1 Å². The first-order valence-corrected chi connectivity index (χ1v) is 6.18. The molecular formula is C7H16N2O3S. The van der Waals surface area contributed by atoms with Gasteiger partial charge in [-0.3, -0.25) is 13.8 Å². The van der Waals surface area contributed by atoms with Crippen LogP contribution in [0.3, 0.4) is 0 Å². The number of carbonyl (C=O) groups is 1. The minimum atomic E-state index is -2.57. The molecule has 0 heterocycles. The highest BCUT2D eigenvalue weighted by Crippen LogP contribution is 1.97. The average molecular weight is 208 g/mol. The molecule has 6 heteroatoms. The van der Waals surface area contributed by atoms with E-state index in [1.54, 1.807) is 6.92 Å². The Kier molecular flexibility index (Phi) is 4.94. The Balaban J connectivity index is 4.05. The van der Waals surface area contributed by atoms with Gasteiger partial charge in [0.25, 0.3) is 0 Å². The van der Waals surface area contributed by atoms with Gasteiger partial charge in [0.1, 0.15) is 6.04 Å². The Bertz CT molecular complexity index is 261. The van der Waals surface area contributed by atoms with Crippen molar-refractivity contribution in [3.63, 3.8) is 0 Å². The topological polar surface area (TPSA) is 90.3 Å². The molecule has 0 amide bonds.